The molecule has 1 atom stereocenters. The van der Waals surface area contributed by atoms with Crippen LogP contribution in [0, 0.1) is 5.92 Å². The average Bonchev–Trinajstić information content (AvgIpc) is 2.85. The number of hydrogen-bond acceptors (Lipinski definition) is 3. The molecule has 0 spiro atoms. The maximum absolute atomic E-state index is 5.59. The molecule has 1 aliphatic heterocycles. The molecule has 1 aliphatic rings. The fourth-order valence-corrected chi connectivity index (χ4v) is 2.62. The summed E-state index contributed by atoms with van der Waals surface area (Å²) in [7, 11) is 0. The number of ether oxygens (including phenoxy) is 1. The van der Waals surface area contributed by atoms with Crippen LogP contribution < -0.4 is 15.0 Å². The molecule has 112 valence electrons. The second-order valence-corrected chi connectivity index (χ2v) is 6.66. The van der Waals surface area contributed by atoms with Crippen LogP contribution in [0.15, 0.2) is 24.3 Å². The predicted octanol–water partition coefficient (Wildman–Crippen LogP) is 3.30. The highest BCUT2D eigenvalue weighted by molar-refractivity contribution is 5.51. The molecule has 1 heterocycles. The minimum atomic E-state index is 0.211. The third kappa shape index (κ3) is 4.41. The van der Waals surface area contributed by atoms with Gasteiger partial charge in [-0.15, -0.1) is 0 Å². The molecule has 0 saturated carbocycles. The minimum Gasteiger partial charge on any atom is -0.494 e. The molecular formula is C17H28N2O. The summed E-state index contributed by atoms with van der Waals surface area (Å²) in [4.78, 5) is 2.47. The predicted molar refractivity (Wildman–Crippen MR) is 85.7 cm³/mol. The number of nitrogens with one attached hydrogen (secondary N) is 1. The van der Waals surface area contributed by atoms with Crippen molar-refractivity contribution in [2.75, 3.05) is 31.1 Å². The summed E-state index contributed by atoms with van der Waals surface area (Å²) < 4.78 is 5.59. The Bertz CT molecular complexity index is 425. The van der Waals surface area contributed by atoms with Crippen molar-refractivity contribution in [3.05, 3.63) is 24.3 Å². The Balaban J connectivity index is 1.90. The first-order valence-electron chi connectivity index (χ1n) is 7.71. The lowest BCUT2D eigenvalue weighted by atomic mass is 10.1. The number of hydrogen-bond donors (Lipinski definition) is 1. The van der Waals surface area contributed by atoms with E-state index in [1.165, 1.54) is 12.1 Å². The quantitative estimate of drug-likeness (QED) is 0.893. The van der Waals surface area contributed by atoms with E-state index in [1.54, 1.807) is 0 Å². The zero-order chi connectivity index (χ0) is 14.6. The number of benzene rings is 1. The highest BCUT2D eigenvalue weighted by Crippen LogP contribution is 2.27. The summed E-state index contributed by atoms with van der Waals surface area (Å²) >= 11 is 0. The van der Waals surface area contributed by atoms with Crippen LogP contribution in [0.25, 0.3) is 0 Å². The van der Waals surface area contributed by atoms with Crippen molar-refractivity contribution in [2.24, 2.45) is 5.92 Å². The van der Waals surface area contributed by atoms with E-state index < -0.39 is 0 Å². The van der Waals surface area contributed by atoms with Crippen LogP contribution in [-0.2, 0) is 0 Å². The van der Waals surface area contributed by atoms with Crippen molar-refractivity contribution >= 4 is 5.69 Å². The van der Waals surface area contributed by atoms with E-state index in [4.69, 9.17) is 4.74 Å². The van der Waals surface area contributed by atoms with E-state index in [0.29, 0.717) is 0 Å². The van der Waals surface area contributed by atoms with Gasteiger partial charge in [0.25, 0.3) is 0 Å². The maximum Gasteiger partial charge on any atom is 0.121 e. The van der Waals surface area contributed by atoms with Gasteiger partial charge in [0.05, 0.1) is 6.61 Å². The van der Waals surface area contributed by atoms with Gasteiger partial charge >= 0.3 is 0 Å². The molecule has 0 radical (unpaired) electrons. The highest BCUT2D eigenvalue weighted by atomic mass is 16.5. The zero-order valence-corrected chi connectivity index (χ0v) is 13.3. The van der Waals surface area contributed by atoms with Gasteiger partial charge in [-0.1, -0.05) is 6.07 Å². The van der Waals surface area contributed by atoms with Crippen LogP contribution in [0.5, 0.6) is 5.75 Å². The molecule has 1 aromatic carbocycles. The topological polar surface area (TPSA) is 24.5 Å². The monoisotopic (exact) mass is 276 g/mol. The Hall–Kier alpha value is -1.22. The Morgan fingerprint density at radius 3 is 2.85 bits per heavy atom. The molecule has 1 aromatic rings. The van der Waals surface area contributed by atoms with Crippen molar-refractivity contribution < 1.29 is 4.74 Å². The van der Waals surface area contributed by atoms with Gasteiger partial charge in [-0.25, -0.2) is 0 Å². The fourth-order valence-electron chi connectivity index (χ4n) is 2.62. The van der Waals surface area contributed by atoms with Gasteiger partial charge in [0.1, 0.15) is 5.75 Å². The molecule has 3 heteroatoms. The Morgan fingerprint density at radius 1 is 1.35 bits per heavy atom. The van der Waals surface area contributed by atoms with Crippen molar-refractivity contribution in [3.63, 3.8) is 0 Å². The van der Waals surface area contributed by atoms with E-state index in [1.807, 2.05) is 13.0 Å². The molecule has 3 nitrogen and oxygen atoms in total. The first kappa shape index (κ1) is 15.2. The standard InChI is InChI=1S/C17H28N2O/c1-5-20-16-8-6-7-15(11-16)19-10-9-14(13-19)12-18-17(2,3)4/h6-8,11,14,18H,5,9-10,12-13H2,1-4H3. The van der Waals surface area contributed by atoms with Crippen LogP contribution in [-0.4, -0.2) is 31.8 Å². The minimum absolute atomic E-state index is 0.211. The van der Waals surface area contributed by atoms with Gasteiger partial charge in [0.15, 0.2) is 0 Å². The van der Waals surface area contributed by atoms with Crippen LogP contribution in [0.2, 0.25) is 0 Å². The maximum atomic E-state index is 5.59. The smallest absolute Gasteiger partial charge is 0.121 e. The van der Waals surface area contributed by atoms with Crippen molar-refractivity contribution in [2.45, 2.75) is 39.7 Å². The van der Waals surface area contributed by atoms with Crippen LogP contribution >= 0.6 is 0 Å². The second kappa shape index (κ2) is 6.49. The van der Waals surface area contributed by atoms with Crippen LogP contribution in [0.1, 0.15) is 34.1 Å². The Kier molecular flexibility index (Phi) is 4.92. The molecule has 0 bridgehead atoms. The summed E-state index contributed by atoms with van der Waals surface area (Å²) in [5, 5.41) is 3.62. The molecule has 0 aliphatic carbocycles. The van der Waals surface area contributed by atoms with Crippen molar-refractivity contribution in [1.82, 2.24) is 5.32 Å². The normalized spacial score (nSPS) is 19.4. The summed E-state index contributed by atoms with van der Waals surface area (Å²) in [5.74, 6) is 1.71. The first-order chi connectivity index (χ1) is 9.48. The van der Waals surface area contributed by atoms with Gasteiger partial charge in [-0.2, -0.15) is 0 Å². The summed E-state index contributed by atoms with van der Waals surface area (Å²) in [6.07, 6.45) is 1.27. The van der Waals surface area contributed by atoms with Gasteiger partial charge in [-0.05, 0) is 52.2 Å². The van der Waals surface area contributed by atoms with Crippen LogP contribution in [0.3, 0.4) is 0 Å². The van der Waals surface area contributed by atoms with Gasteiger partial charge in [0.2, 0.25) is 0 Å². The molecule has 1 saturated heterocycles. The number of nitrogens with zero attached hydrogens (tertiary/aromatic N) is 1. The molecule has 1 N–H and O–H groups in total. The first-order valence-corrected chi connectivity index (χ1v) is 7.71. The lowest BCUT2D eigenvalue weighted by molar-refractivity contribution is 0.340. The van der Waals surface area contributed by atoms with E-state index in [2.05, 4.69) is 49.2 Å². The summed E-state index contributed by atoms with van der Waals surface area (Å²) in [6.45, 7) is 12.8. The molecule has 0 aromatic heterocycles. The molecular weight excluding hydrogens is 248 g/mol. The van der Waals surface area contributed by atoms with Crippen molar-refractivity contribution in [1.29, 1.82) is 0 Å². The molecule has 0 amide bonds. The fraction of sp³-hybridized carbons (Fsp3) is 0.647. The van der Waals surface area contributed by atoms with Crippen molar-refractivity contribution in [3.8, 4) is 5.75 Å². The second-order valence-electron chi connectivity index (χ2n) is 6.66. The lowest BCUT2D eigenvalue weighted by Gasteiger charge is -2.24. The van der Waals surface area contributed by atoms with E-state index >= 15 is 0 Å². The van der Waals surface area contributed by atoms with Crippen LogP contribution in [0.4, 0.5) is 5.69 Å². The molecule has 1 unspecified atom stereocenters. The summed E-state index contributed by atoms with van der Waals surface area (Å²) in [6, 6.07) is 8.45. The number of anilines is 1. The average molecular weight is 276 g/mol. The number of rotatable bonds is 5. The zero-order valence-electron chi connectivity index (χ0n) is 13.3. The largest absolute Gasteiger partial charge is 0.494 e. The van der Waals surface area contributed by atoms with Gasteiger partial charge in [-0.3, -0.25) is 0 Å². The van der Waals surface area contributed by atoms with Gasteiger partial charge < -0.3 is 15.0 Å². The van der Waals surface area contributed by atoms with E-state index in [0.717, 1.165) is 37.9 Å². The third-order valence-corrected chi connectivity index (χ3v) is 3.70. The Labute approximate surface area is 123 Å². The third-order valence-electron chi connectivity index (χ3n) is 3.70. The molecule has 20 heavy (non-hydrogen) atoms. The SMILES string of the molecule is CCOc1cccc(N2CCC(CNC(C)(C)C)C2)c1. The van der Waals surface area contributed by atoms with Gasteiger partial charge in [0, 0.05) is 36.9 Å². The van der Waals surface area contributed by atoms with E-state index in [-0.39, 0.29) is 5.54 Å². The molecule has 2 rings (SSSR count). The summed E-state index contributed by atoms with van der Waals surface area (Å²) in [5.41, 5.74) is 1.50. The lowest BCUT2D eigenvalue weighted by Crippen LogP contribution is -2.39. The van der Waals surface area contributed by atoms with E-state index in [9.17, 15) is 0 Å². The Morgan fingerprint density at radius 2 is 2.15 bits per heavy atom. The highest BCUT2D eigenvalue weighted by Gasteiger charge is 2.24. The molecule has 1 fully saturated rings.